The van der Waals surface area contributed by atoms with Crippen LogP contribution in [0.25, 0.3) is 0 Å². The first-order valence-corrected chi connectivity index (χ1v) is 10.2. The molecule has 7 heteroatoms. The summed E-state index contributed by atoms with van der Waals surface area (Å²) in [5, 5.41) is 0. The number of aryl methyl sites for hydroxylation is 1. The van der Waals surface area contributed by atoms with Crippen LogP contribution in [0, 0.1) is 0 Å². The van der Waals surface area contributed by atoms with Gasteiger partial charge in [0.15, 0.2) is 0 Å². The summed E-state index contributed by atoms with van der Waals surface area (Å²) in [7, 11) is -3.46. The summed E-state index contributed by atoms with van der Waals surface area (Å²) in [6.07, 6.45) is 6.79. The normalized spacial score (nSPS) is 15.1. The SMILES string of the molecule is O=C(OCCCc1cccnc1)c1ccc(S(=O)(=O)N2CCCC2)cc1. The molecule has 1 aromatic carbocycles. The third-order valence-electron chi connectivity index (χ3n) is 4.36. The summed E-state index contributed by atoms with van der Waals surface area (Å²) < 4.78 is 31.7. The fourth-order valence-electron chi connectivity index (χ4n) is 2.91. The van der Waals surface area contributed by atoms with Crippen LogP contribution in [0.3, 0.4) is 0 Å². The van der Waals surface area contributed by atoms with E-state index in [-0.39, 0.29) is 4.90 Å². The first-order chi connectivity index (χ1) is 12.6. The zero-order chi connectivity index (χ0) is 18.4. The highest BCUT2D eigenvalue weighted by atomic mass is 32.2. The highest BCUT2D eigenvalue weighted by Gasteiger charge is 2.27. The fourth-order valence-corrected chi connectivity index (χ4v) is 4.43. The second kappa shape index (κ2) is 8.42. The molecule has 0 bridgehead atoms. The van der Waals surface area contributed by atoms with Gasteiger partial charge in [0, 0.05) is 25.5 Å². The summed E-state index contributed by atoms with van der Waals surface area (Å²) in [5.41, 5.74) is 1.45. The minimum absolute atomic E-state index is 0.215. The fraction of sp³-hybridized carbons (Fsp3) is 0.368. The molecule has 3 rings (SSSR count). The monoisotopic (exact) mass is 374 g/mol. The molecule has 1 saturated heterocycles. The van der Waals surface area contributed by atoms with Gasteiger partial charge in [0.05, 0.1) is 17.1 Å². The van der Waals surface area contributed by atoms with E-state index in [0.29, 0.717) is 31.7 Å². The van der Waals surface area contributed by atoms with E-state index in [4.69, 9.17) is 4.74 Å². The van der Waals surface area contributed by atoms with Gasteiger partial charge in [0.25, 0.3) is 0 Å². The summed E-state index contributed by atoms with van der Waals surface area (Å²) in [4.78, 5) is 16.3. The lowest BCUT2D eigenvalue weighted by molar-refractivity contribution is 0.0500. The van der Waals surface area contributed by atoms with E-state index >= 15 is 0 Å². The van der Waals surface area contributed by atoms with Crippen molar-refractivity contribution in [2.24, 2.45) is 0 Å². The molecule has 0 radical (unpaired) electrons. The Morgan fingerprint density at radius 3 is 2.50 bits per heavy atom. The molecular formula is C19H22N2O4S. The van der Waals surface area contributed by atoms with E-state index < -0.39 is 16.0 Å². The zero-order valence-corrected chi connectivity index (χ0v) is 15.3. The molecule has 26 heavy (non-hydrogen) atoms. The molecule has 1 aliphatic rings. The summed E-state index contributed by atoms with van der Waals surface area (Å²) in [6.45, 7) is 1.42. The molecule has 138 valence electrons. The first-order valence-electron chi connectivity index (χ1n) is 8.73. The van der Waals surface area contributed by atoms with Crippen molar-refractivity contribution in [2.45, 2.75) is 30.6 Å². The molecule has 0 amide bonds. The Morgan fingerprint density at radius 1 is 1.12 bits per heavy atom. The van der Waals surface area contributed by atoms with Crippen LogP contribution in [0.1, 0.15) is 35.2 Å². The maximum atomic E-state index is 12.5. The summed E-state index contributed by atoms with van der Waals surface area (Å²) in [5.74, 6) is -0.443. The van der Waals surface area contributed by atoms with Crippen LogP contribution >= 0.6 is 0 Å². The van der Waals surface area contributed by atoms with Crippen molar-refractivity contribution in [1.29, 1.82) is 0 Å². The van der Waals surface area contributed by atoms with Crippen LogP contribution in [0.15, 0.2) is 53.7 Å². The van der Waals surface area contributed by atoms with Crippen molar-refractivity contribution in [1.82, 2.24) is 9.29 Å². The number of carbonyl (C=O) groups excluding carboxylic acids is 1. The van der Waals surface area contributed by atoms with Gasteiger partial charge >= 0.3 is 5.97 Å². The standard InChI is InChI=1S/C19H22N2O4S/c22-19(25-14-4-6-16-5-3-11-20-15-16)17-7-9-18(10-8-17)26(23,24)21-12-1-2-13-21/h3,5,7-11,15H,1-2,4,6,12-14H2. The second-order valence-corrected chi connectivity index (χ2v) is 8.17. The third kappa shape index (κ3) is 4.47. The molecule has 0 N–H and O–H groups in total. The van der Waals surface area contributed by atoms with E-state index in [1.165, 1.54) is 28.6 Å². The van der Waals surface area contributed by atoms with Gasteiger partial charge in [0.1, 0.15) is 0 Å². The zero-order valence-electron chi connectivity index (χ0n) is 14.5. The molecule has 1 aliphatic heterocycles. The quantitative estimate of drug-likeness (QED) is 0.550. The van der Waals surface area contributed by atoms with E-state index in [1.54, 1.807) is 12.4 Å². The first kappa shape index (κ1) is 18.5. The van der Waals surface area contributed by atoms with Crippen LogP contribution < -0.4 is 0 Å². The lowest BCUT2D eigenvalue weighted by Gasteiger charge is -2.15. The van der Waals surface area contributed by atoms with Gasteiger partial charge in [-0.3, -0.25) is 4.98 Å². The van der Waals surface area contributed by atoms with Crippen LogP contribution in [0.5, 0.6) is 0 Å². The number of nitrogens with zero attached hydrogens (tertiary/aromatic N) is 2. The van der Waals surface area contributed by atoms with Gasteiger partial charge in [-0.1, -0.05) is 6.07 Å². The van der Waals surface area contributed by atoms with Crippen molar-refractivity contribution >= 4 is 16.0 Å². The highest BCUT2D eigenvalue weighted by molar-refractivity contribution is 7.89. The number of ether oxygens (including phenoxy) is 1. The Kier molecular flexibility index (Phi) is 6.00. The Hall–Kier alpha value is -2.25. The van der Waals surface area contributed by atoms with Crippen molar-refractivity contribution in [3.63, 3.8) is 0 Å². The second-order valence-electron chi connectivity index (χ2n) is 6.24. The Bertz CT molecular complexity index is 830. The number of benzene rings is 1. The third-order valence-corrected chi connectivity index (χ3v) is 6.27. The molecule has 0 atom stereocenters. The van der Waals surface area contributed by atoms with E-state index in [1.807, 2.05) is 12.1 Å². The number of pyridine rings is 1. The van der Waals surface area contributed by atoms with Crippen LogP contribution in [0.4, 0.5) is 0 Å². The molecule has 0 aliphatic carbocycles. The van der Waals surface area contributed by atoms with E-state index in [9.17, 15) is 13.2 Å². The van der Waals surface area contributed by atoms with Gasteiger partial charge < -0.3 is 4.74 Å². The average molecular weight is 374 g/mol. The molecule has 2 aromatic rings. The van der Waals surface area contributed by atoms with Crippen LogP contribution in [0.2, 0.25) is 0 Å². The van der Waals surface area contributed by atoms with E-state index in [2.05, 4.69) is 4.98 Å². The summed E-state index contributed by atoms with van der Waals surface area (Å²) >= 11 is 0. The molecular weight excluding hydrogens is 352 g/mol. The maximum absolute atomic E-state index is 12.5. The largest absolute Gasteiger partial charge is 0.462 e. The molecule has 0 saturated carbocycles. The topological polar surface area (TPSA) is 76.6 Å². The van der Waals surface area contributed by atoms with Gasteiger partial charge in [-0.15, -0.1) is 0 Å². The van der Waals surface area contributed by atoms with Crippen molar-refractivity contribution in [3.8, 4) is 0 Å². The van der Waals surface area contributed by atoms with E-state index in [0.717, 1.165) is 24.8 Å². The van der Waals surface area contributed by atoms with Gasteiger partial charge in [0.2, 0.25) is 10.0 Å². The van der Waals surface area contributed by atoms with Gasteiger partial charge in [-0.05, 0) is 61.6 Å². The van der Waals surface area contributed by atoms with Crippen molar-refractivity contribution in [2.75, 3.05) is 19.7 Å². The number of carbonyl (C=O) groups is 1. The lowest BCUT2D eigenvalue weighted by atomic mass is 10.2. The predicted octanol–water partition coefficient (Wildman–Crippen LogP) is 2.66. The Morgan fingerprint density at radius 2 is 1.85 bits per heavy atom. The number of aromatic nitrogens is 1. The minimum Gasteiger partial charge on any atom is -0.462 e. The molecule has 0 unspecified atom stereocenters. The molecule has 1 aromatic heterocycles. The summed E-state index contributed by atoms with van der Waals surface area (Å²) in [6, 6.07) is 9.81. The van der Waals surface area contributed by atoms with Gasteiger partial charge in [-0.25, -0.2) is 13.2 Å². The van der Waals surface area contributed by atoms with Crippen LogP contribution in [-0.4, -0.2) is 43.4 Å². The highest BCUT2D eigenvalue weighted by Crippen LogP contribution is 2.21. The number of rotatable bonds is 7. The predicted molar refractivity (Wildman–Crippen MR) is 97.3 cm³/mol. The Balaban J connectivity index is 1.52. The molecule has 1 fully saturated rings. The molecule has 2 heterocycles. The Labute approximate surface area is 153 Å². The lowest BCUT2D eigenvalue weighted by Crippen LogP contribution is -2.27. The minimum atomic E-state index is -3.46. The van der Waals surface area contributed by atoms with Crippen molar-refractivity contribution < 1.29 is 17.9 Å². The van der Waals surface area contributed by atoms with Crippen molar-refractivity contribution in [3.05, 3.63) is 59.9 Å². The average Bonchev–Trinajstić information content (AvgIpc) is 3.22. The number of sulfonamides is 1. The number of hydrogen-bond acceptors (Lipinski definition) is 5. The van der Waals surface area contributed by atoms with Gasteiger partial charge in [-0.2, -0.15) is 4.31 Å². The van der Waals surface area contributed by atoms with Crippen LogP contribution in [-0.2, 0) is 21.2 Å². The molecule has 6 nitrogen and oxygen atoms in total. The molecule has 0 spiro atoms. The maximum Gasteiger partial charge on any atom is 0.338 e. The number of esters is 1. The number of hydrogen-bond donors (Lipinski definition) is 0. The smallest absolute Gasteiger partial charge is 0.338 e.